The van der Waals surface area contributed by atoms with Gasteiger partial charge in [0.15, 0.2) is 10.9 Å². The number of thiophene rings is 1. The minimum absolute atomic E-state index is 0.0427. The first-order chi connectivity index (χ1) is 10.4. The lowest BCUT2D eigenvalue weighted by atomic mass is 10.3. The van der Waals surface area contributed by atoms with Crippen molar-refractivity contribution in [1.29, 1.82) is 0 Å². The molecule has 22 heavy (non-hydrogen) atoms. The molecule has 6 nitrogen and oxygen atoms in total. The van der Waals surface area contributed by atoms with Crippen LogP contribution < -0.4 is 5.32 Å². The summed E-state index contributed by atoms with van der Waals surface area (Å²) < 4.78 is 26.9. The van der Waals surface area contributed by atoms with Gasteiger partial charge < -0.3 is 0 Å². The number of nitrogens with one attached hydrogen (secondary N) is 1. The first-order valence-corrected chi connectivity index (χ1v) is 7.38. The van der Waals surface area contributed by atoms with E-state index >= 15 is 0 Å². The Morgan fingerprint density at radius 3 is 2.73 bits per heavy atom. The summed E-state index contributed by atoms with van der Waals surface area (Å²) in [6.45, 7) is 0. The fourth-order valence-corrected chi connectivity index (χ4v) is 3.33. The first kappa shape index (κ1) is 14.5. The number of hydrogen-bond donors (Lipinski definition) is 1. The zero-order valence-corrected chi connectivity index (χ0v) is 12.1. The minimum atomic E-state index is -0.821. The van der Waals surface area contributed by atoms with Gasteiger partial charge in [0, 0.05) is 12.1 Å². The average molecular weight is 341 g/mol. The summed E-state index contributed by atoms with van der Waals surface area (Å²) in [5.74, 6) is -2.16. The molecule has 0 atom stereocenters. The Hall–Kier alpha value is -2.46. The van der Waals surface area contributed by atoms with E-state index in [1.807, 2.05) is 0 Å². The SMILES string of the molecule is O=C(Nc1nc2c(F)cc(F)cc2s1)c1ccc([N+](=O)[O-])s1. The van der Waals surface area contributed by atoms with Gasteiger partial charge in [0.25, 0.3) is 5.91 Å². The van der Waals surface area contributed by atoms with E-state index in [0.717, 1.165) is 17.4 Å². The van der Waals surface area contributed by atoms with Crippen LogP contribution in [-0.4, -0.2) is 15.8 Å². The number of rotatable bonds is 3. The molecule has 1 N–H and O–H groups in total. The summed E-state index contributed by atoms with van der Waals surface area (Å²) in [6.07, 6.45) is 0. The van der Waals surface area contributed by atoms with Crippen molar-refractivity contribution >= 4 is 48.9 Å². The van der Waals surface area contributed by atoms with Gasteiger partial charge in [-0.1, -0.05) is 22.7 Å². The number of hydrogen-bond acceptors (Lipinski definition) is 6. The molecule has 2 aromatic heterocycles. The van der Waals surface area contributed by atoms with E-state index in [0.29, 0.717) is 17.4 Å². The molecular formula is C12H5F2N3O3S2. The van der Waals surface area contributed by atoms with Gasteiger partial charge >= 0.3 is 5.00 Å². The molecule has 0 spiro atoms. The van der Waals surface area contributed by atoms with Crippen LogP contribution in [0.3, 0.4) is 0 Å². The molecule has 0 aliphatic rings. The van der Waals surface area contributed by atoms with Crippen molar-refractivity contribution in [3.05, 3.63) is 50.9 Å². The maximum atomic E-state index is 13.5. The second-order valence-electron chi connectivity index (χ2n) is 4.10. The fraction of sp³-hybridized carbons (Fsp3) is 0. The molecule has 0 aliphatic carbocycles. The molecule has 0 saturated heterocycles. The van der Waals surface area contributed by atoms with Gasteiger partial charge in [-0.05, 0) is 12.1 Å². The van der Waals surface area contributed by atoms with Crippen LogP contribution in [0.25, 0.3) is 10.2 Å². The Balaban J connectivity index is 1.87. The zero-order chi connectivity index (χ0) is 15.9. The summed E-state index contributed by atoms with van der Waals surface area (Å²) in [5.41, 5.74) is -0.0427. The molecule has 10 heteroatoms. The number of benzene rings is 1. The van der Waals surface area contributed by atoms with Crippen molar-refractivity contribution in [3.63, 3.8) is 0 Å². The Morgan fingerprint density at radius 1 is 1.27 bits per heavy atom. The monoisotopic (exact) mass is 341 g/mol. The molecule has 112 valence electrons. The van der Waals surface area contributed by atoms with E-state index in [2.05, 4.69) is 10.3 Å². The molecule has 0 saturated carbocycles. The highest BCUT2D eigenvalue weighted by molar-refractivity contribution is 7.22. The molecule has 1 amide bonds. The largest absolute Gasteiger partial charge is 0.324 e. The van der Waals surface area contributed by atoms with Gasteiger partial charge in [-0.3, -0.25) is 20.2 Å². The molecule has 0 bridgehead atoms. The number of nitrogens with zero attached hydrogens (tertiary/aromatic N) is 2. The number of aromatic nitrogens is 1. The quantitative estimate of drug-likeness (QED) is 0.580. The van der Waals surface area contributed by atoms with Crippen LogP contribution in [0, 0.1) is 21.7 Å². The van der Waals surface area contributed by atoms with E-state index in [1.165, 1.54) is 12.1 Å². The molecule has 2 heterocycles. The van der Waals surface area contributed by atoms with Gasteiger partial charge in [0.05, 0.1) is 14.5 Å². The van der Waals surface area contributed by atoms with Crippen LogP contribution in [0.2, 0.25) is 0 Å². The molecule has 0 fully saturated rings. The van der Waals surface area contributed by atoms with Crippen molar-refractivity contribution in [3.8, 4) is 0 Å². The molecule has 1 aromatic carbocycles. The van der Waals surface area contributed by atoms with Crippen LogP contribution in [0.15, 0.2) is 24.3 Å². The predicted molar refractivity (Wildman–Crippen MR) is 78.5 cm³/mol. The van der Waals surface area contributed by atoms with Crippen molar-refractivity contribution in [2.24, 2.45) is 0 Å². The number of carbonyl (C=O) groups is 1. The number of halogens is 2. The Labute approximate surface area is 129 Å². The number of carbonyl (C=O) groups excluding carboxylic acids is 1. The predicted octanol–water partition coefficient (Wildman–Crippen LogP) is 3.80. The highest BCUT2D eigenvalue weighted by atomic mass is 32.1. The van der Waals surface area contributed by atoms with Crippen LogP contribution in [-0.2, 0) is 0 Å². The zero-order valence-electron chi connectivity index (χ0n) is 10.5. The minimum Gasteiger partial charge on any atom is -0.297 e. The van der Waals surface area contributed by atoms with Gasteiger partial charge in [0.2, 0.25) is 0 Å². The molecule has 3 aromatic rings. The average Bonchev–Trinajstić information content (AvgIpc) is 3.04. The third-order valence-electron chi connectivity index (χ3n) is 2.63. The van der Waals surface area contributed by atoms with Crippen LogP contribution in [0.1, 0.15) is 9.67 Å². The summed E-state index contributed by atoms with van der Waals surface area (Å²) in [4.78, 5) is 25.9. The summed E-state index contributed by atoms with van der Waals surface area (Å²) in [7, 11) is 0. The van der Waals surface area contributed by atoms with Crippen molar-refractivity contribution in [2.45, 2.75) is 0 Å². The second kappa shape index (κ2) is 5.39. The second-order valence-corrected chi connectivity index (χ2v) is 6.20. The molecule has 3 rings (SSSR count). The number of amides is 1. The van der Waals surface area contributed by atoms with Gasteiger partial charge in [-0.15, -0.1) is 0 Å². The first-order valence-electron chi connectivity index (χ1n) is 5.75. The van der Waals surface area contributed by atoms with E-state index < -0.39 is 22.5 Å². The number of anilines is 1. The highest BCUT2D eigenvalue weighted by Gasteiger charge is 2.17. The number of nitro groups is 1. The van der Waals surface area contributed by atoms with Crippen LogP contribution >= 0.6 is 22.7 Å². The molecular weight excluding hydrogens is 336 g/mol. The number of fused-ring (bicyclic) bond motifs is 1. The van der Waals surface area contributed by atoms with E-state index in [-0.39, 0.29) is 25.2 Å². The lowest BCUT2D eigenvalue weighted by Gasteiger charge is -1.96. The maximum absolute atomic E-state index is 13.5. The maximum Gasteiger partial charge on any atom is 0.324 e. The highest BCUT2D eigenvalue weighted by Crippen LogP contribution is 2.30. The lowest BCUT2D eigenvalue weighted by Crippen LogP contribution is -2.09. The third-order valence-corrected chi connectivity index (χ3v) is 4.58. The van der Waals surface area contributed by atoms with Crippen molar-refractivity contribution in [2.75, 3.05) is 5.32 Å². The smallest absolute Gasteiger partial charge is 0.297 e. The Bertz CT molecular complexity index is 906. The lowest BCUT2D eigenvalue weighted by molar-refractivity contribution is -0.380. The molecule has 0 unspecified atom stereocenters. The topological polar surface area (TPSA) is 85.1 Å². The van der Waals surface area contributed by atoms with Crippen molar-refractivity contribution < 1.29 is 18.5 Å². The Kier molecular flexibility index (Phi) is 3.54. The van der Waals surface area contributed by atoms with E-state index in [1.54, 1.807) is 0 Å². The Morgan fingerprint density at radius 2 is 2.05 bits per heavy atom. The number of thiazole rings is 1. The van der Waals surface area contributed by atoms with Gasteiger partial charge in [0.1, 0.15) is 11.3 Å². The van der Waals surface area contributed by atoms with E-state index in [9.17, 15) is 23.7 Å². The van der Waals surface area contributed by atoms with Gasteiger partial charge in [-0.25, -0.2) is 13.8 Å². The van der Waals surface area contributed by atoms with E-state index in [4.69, 9.17) is 0 Å². The standard InChI is InChI=1S/C12H5F2N3O3S2/c13-5-3-6(14)10-8(4-5)22-12(15-10)16-11(18)7-1-2-9(21-7)17(19)20/h1-4H,(H,15,16,18). The molecule has 0 aliphatic heterocycles. The van der Waals surface area contributed by atoms with Gasteiger partial charge in [-0.2, -0.15) is 0 Å². The summed E-state index contributed by atoms with van der Waals surface area (Å²) >= 11 is 1.62. The normalized spacial score (nSPS) is 10.8. The van der Waals surface area contributed by atoms with Crippen molar-refractivity contribution in [1.82, 2.24) is 4.98 Å². The third kappa shape index (κ3) is 2.65. The van der Waals surface area contributed by atoms with Crippen LogP contribution in [0.4, 0.5) is 18.9 Å². The van der Waals surface area contributed by atoms with Crippen LogP contribution in [0.5, 0.6) is 0 Å². The fourth-order valence-electron chi connectivity index (χ4n) is 1.72. The summed E-state index contributed by atoms with van der Waals surface area (Å²) in [6, 6.07) is 4.34. The summed E-state index contributed by atoms with van der Waals surface area (Å²) in [5, 5.41) is 12.9. The molecule has 0 radical (unpaired) electrons.